The van der Waals surface area contributed by atoms with Crippen LogP contribution in [-0.4, -0.2) is 22.5 Å². The van der Waals surface area contributed by atoms with Gasteiger partial charge in [0.25, 0.3) is 5.91 Å². The number of thioether (sulfide) groups is 1. The van der Waals surface area contributed by atoms with Crippen LogP contribution in [0.4, 0.5) is 10.1 Å². The number of ether oxygens (including phenoxy) is 1. The van der Waals surface area contributed by atoms with Crippen molar-refractivity contribution in [3.8, 4) is 5.75 Å². The van der Waals surface area contributed by atoms with Crippen LogP contribution in [-0.2, 0) is 11.4 Å². The Morgan fingerprint density at radius 3 is 2.46 bits per heavy atom. The maximum atomic E-state index is 13.2. The second kappa shape index (κ2) is 11.2. The number of halogens is 2. The molecule has 180 valence electrons. The number of amides is 1. The second-order valence-corrected chi connectivity index (χ2v) is 10.6. The van der Waals surface area contributed by atoms with E-state index in [2.05, 4.69) is 29.8 Å². The van der Waals surface area contributed by atoms with Gasteiger partial charge in [0, 0.05) is 6.54 Å². The second-order valence-electron chi connectivity index (χ2n) is 8.76. The molecule has 0 atom stereocenters. The van der Waals surface area contributed by atoms with Crippen LogP contribution in [0.2, 0.25) is 0 Å². The average Bonchev–Trinajstić information content (AvgIpc) is 3.09. The summed E-state index contributed by atoms with van der Waals surface area (Å²) in [6.45, 7) is 7.15. The van der Waals surface area contributed by atoms with Gasteiger partial charge >= 0.3 is 0 Å². The monoisotopic (exact) mass is 552 g/mol. The first kappa shape index (κ1) is 25.2. The van der Waals surface area contributed by atoms with Crippen molar-refractivity contribution in [2.45, 2.75) is 27.4 Å². The van der Waals surface area contributed by atoms with E-state index < -0.39 is 0 Å². The standard InChI is InChI=1S/C28H26BrFN2O2S/c1-18(2)16-32-27(33)26(35-28(32)31-23-11-4-19(3)5-12-23)15-21-8-13-25(24(29)14-21)34-17-20-6-9-22(30)10-7-20/h4-15,18H,16-17H2,1-3H3/b26-15+,31-28?. The van der Waals surface area contributed by atoms with Gasteiger partial charge in [-0.3, -0.25) is 9.69 Å². The molecule has 35 heavy (non-hydrogen) atoms. The molecule has 0 radical (unpaired) electrons. The van der Waals surface area contributed by atoms with E-state index in [4.69, 9.17) is 9.73 Å². The van der Waals surface area contributed by atoms with E-state index in [1.54, 1.807) is 17.0 Å². The van der Waals surface area contributed by atoms with Crippen LogP contribution in [0.1, 0.15) is 30.5 Å². The van der Waals surface area contributed by atoms with Gasteiger partial charge < -0.3 is 4.74 Å². The summed E-state index contributed by atoms with van der Waals surface area (Å²) in [5.41, 5.74) is 3.75. The summed E-state index contributed by atoms with van der Waals surface area (Å²) >= 11 is 4.95. The minimum atomic E-state index is -0.273. The van der Waals surface area contributed by atoms with Gasteiger partial charge in [-0.1, -0.05) is 49.7 Å². The number of hydrogen-bond acceptors (Lipinski definition) is 4. The average molecular weight is 553 g/mol. The van der Waals surface area contributed by atoms with Crippen LogP contribution >= 0.6 is 27.7 Å². The molecule has 0 aliphatic carbocycles. The van der Waals surface area contributed by atoms with E-state index in [0.717, 1.165) is 21.3 Å². The van der Waals surface area contributed by atoms with Gasteiger partial charge in [0.15, 0.2) is 5.17 Å². The lowest BCUT2D eigenvalue weighted by Crippen LogP contribution is -2.32. The molecule has 1 amide bonds. The van der Waals surface area contributed by atoms with Crippen molar-refractivity contribution in [3.63, 3.8) is 0 Å². The molecule has 4 nitrogen and oxygen atoms in total. The molecule has 0 aromatic heterocycles. The van der Waals surface area contributed by atoms with Crippen molar-refractivity contribution in [2.75, 3.05) is 6.54 Å². The van der Waals surface area contributed by atoms with Crippen molar-refractivity contribution in [3.05, 3.63) is 98.6 Å². The summed E-state index contributed by atoms with van der Waals surface area (Å²) in [7, 11) is 0. The Morgan fingerprint density at radius 2 is 1.80 bits per heavy atom. The molecule has 1 aliphatic rings. The number of nitrogens with zero attached hydrogens (tertiary/aromatic N) is 2. The Labute approximate surface area is 218 Å². The van der Waals surface area contributed by atoms with Gasteiger partial charge in [0.2, 0.25) is 0 Å². The molecule has 7 heteroatoms. The van der Waals surface area contributed by atoms with Gasteiger partial charge in [-0.2, -0.15) is 0 Å². The number of hydrogen-bond donors (Lipinski definition) is 0. The number of rotatable bonds is 7. The topological polar surface area (TPSA) is 41.9 Å². The summed E-state index contributed by atoms with van der Waals surface area (Å²) in [4.78, 5) is 20.4. The number of aliphatic imine (C=N–C) groups is 1. The number of carbonyl (C=O) groups is 1. The molecular weight excluding hydrogens is 527 g/mol. The molecule has 1 aliphatic heterocycles. The third-order valence-electron chi connectivity index (χ3n) is 5.26. The van der Waals surface area contributed by atoms with E-state index in [0.29, 0.717) is 34.9 Å². The SMILES string of the molecule is Cc1ccc(N=C2S/C(=C/c3ccc(OCc4ccc(F)cc4)c(Br)c3)C(=O)N2CC(C)C)cc1. The highest BCUT2D eigenvalue weighted by atomic mass is 79.9. The lowest BCUT2D eigenvalue weighted by Gasteiger charge is -2.17. The third kappa shape index (κ3) is 6.61. The predicted molar refractivity (Wildman–Crippen MR) is 145 cm³/mol. The van der Waals surface area contributed by atoms with Gasteiger partial charge in [0.1, 0.15) is 18.2 Å². The highest BCUT2D eigenvalue weighted by Gasteiger charge is 2.33. The minimum Gasteiger partial charge on any atom is -0.488 e. The molecule has 1 saturated heterocycles. The normalized spacial score (nSPS) is 16.1. The zero-order valence-electron chi connectivity index (χ0n) is 19.8. The van der Waals surface area contributed by atoms with E-state index in [1.807, 2.05) is 55.5 Å². The summed E-state index contributed by atoms with van der Waals surface area (Å²) in [6.07, 6.45) is 1.88. The third-order valence-corrected chi connectivity index (χ3v) is 6.88. The summed E-state index contributed by atoms with van der Waals surface area (Å²) < 4.78 is 19.7. The fourth-order valence-electron chi connectivity index (χ4n) is 3.46. The highest BCUT2D eigenvalue weighted by molar-refractivity contribution is 9.10. The van der Waals surface area contributed by atoms with Crippen molar-refractivity contribution < 1.29 is 13.9 Å². The van der Waals surface area contributed by atoms with E-state index in [1.165, 1.54) is 29.5 Å². The lowest BCUT2D eigenvalue weighted by atomic mass is 10.2. The Hall–Kier alpha value is -2.90. The van der Waals surface area contributed by atoms with Crippen molar-refractivity contribution >= 4 is 50.5 Å². The van der Waals surface area contributed by atoms with Gasteiger partial charge in [-0.15, -0.1) is 0 Å². The number of amidine groups is 1. The molecule has 0 saturated carbocycles. The van der Waals surface area contributed by atoms with Crippen molar-refractivity contribution in [2.24, 2.45) is 10.9 Å². The largest absolute Gasteiger partial charge is 0.488 e. The molecule has 4 rings (SSSR count). The molecular formula is C28H26BrFN2O2S. The first-order chi connectivity index (χ1) is 16.8. The Kier molecular flexibility index (Phi) is 8.08. The number of benzene rings is 3. The lowest BCUT2D eigenvalue weighted by molar-refractivity contribution is -0.122. The maximum Gasteiger partial charge on any atom is 0.266 e. The van der Waals surface area contributed by atoms with E-state index >= 15 is 0 Å². The molecule has 1 fully saturated rings. The van der Waals surface area contributed by atoms with Crippen LogP contribution in [0.3, 0.4) is 0 Å². The van der Waals surface area contributed by atoms with Crippen LogP contribution in [0.15, 0.2) is 81.1 Å². The molecule has 0 unspecified atom stereocenters. The van der Waals surface area contributed by atoms with Crippen molar-refractivity contribution in [1.29, 1.82) is 0 Å². The van der Waals surface area contributed by atoms with Crippen LogP contribution in [0.25, 0.3) is 6.08 Å². The zero-order valence-corrected chi connectivity index (χ0v) is 22.2. The molecule has 3 aromatic rings. The Morgan fingerprint density at radius 1 is 1.09 bits per heavy atom. The molecule has 3 aromatic carbocycles. The number of carbonyl (C=O) groups excluding carboxylic acids is 1. The fourth-order valence-corrected chi connectivity index (χ4v) is 4.98. The van der Waals surface area contributed by atoms with Gasteiger partial charge in [-0.05, 0) is 94.1 Å². The molecule has 0 spiro atoms. The van der Waals surface area contributed by atoms with Crippen LogP contribution in [0.5, 0.6) is 5.75 Å². The highest BCUT2D eigenvalue weighted by Crippen LogP contribution is 2.36. The van der Waals surface area contributed by atoms with E-state index in [-0.39, 0.29) is 11.7 Å². The van der Waals surface area contributed by atoms with Crippen LogP contribution < -0.4 is 4.74 Å². The maximum absolute atomic E-state index is 13.2. The first-order valence-corrected chi connectivity index (χ1v) is 12.9. The van der Waals surface area contributed by atoms with Gasteiger partial charge in [-0.25, -0.2) is 9.38 Å². The fraction of sp³-hybridized carbons (Fsp3) is 0.214. The van der Waals surface area contributed by atoms with Crippen LogP contribution in [0, 0.1) is 18.7 Å². The number of aryl methyl sites for hydroxylation is 1. The smallest absolute Gasteiger partial charge is 0.266 e. The Bertz CT molecular complexity index is 1270. The summed E-state index contributed by atoms with van der Waals surface area (Å²) in [6, 6.07) is 19.9. The molecule has 1 heterocycles. The minimum absolute atomic E-state index is 0.0395. The summed E-state index contributed by atoms with van der Waals surface area (Å²) in [5.74, 6) is 0.673. The van der Waals surface area contributed by atoms with Gasteiger partial charge in [0.05, 0.1) is 15.1 Å². The first-order valence-electron chi connectivity index (χ1n) is 11.3. The predicted octanol–water partition coefficient (Wildman–Crippen LogP) is 7.74. The zero-order chi connectivity index (χ0) is 24.9. The molecule has 0 N–H and O–H groups in total. The quantitative estimate of drug-likeness (QED) is 0.281. The van der Waals surface area contributed by atoms with Crippen molar-refractivity contribution in [1.82, 2.24) is 4.90 Å². The molecule has 0 bridgehead atoms. The van der Waals surface area contributed by atoms with E-state index in [9.17, 15) is 9.18 Å². The Balaban J connectivity index is 1.53. The summed E-state index contributed by atoms with van der Waals surface area (Å²) in [5, 5.41) is 0.692.